The Morgan fingerprint density at radius 1 is 0.295 bits per heavy atom. The summed E-state index contributed by atoms with van der Waals surface area (Å²) >= 11 is 0. The van der Waals surface area contributed by atoms with Gasteiger partial charge in [0, 0.05) is 6.42 Å². The Morgan fingerprint density at radius 3 is 0.744 bits per heavy atom. The van der Waals surface area contributed by atoms with Gasteiger partial charge >= 0.3 is 0 Å². The quantitative estimate of drug-likeness (QED) is 0.0420. The van der Waals surface area contributed by atoms with Gasteiger partial charge in [-0.05, 0) is 32.1 Å². The van der Waals surface area contributed by atoms with E-state index in [1.807, 2.05) is 6.08 Å². The second-order valence-corrected chi connectivity index (χ2v) is 25.4. The number of carbonyl (C=O) groups is 1. The number of unbranched alkanes of at least 4 members (excludes halogenated alkanes) is 60. The Labute approximate surface area is 491 Å². The summed E-state index contributed by atoms with van der Waals surface area (Å²) < 4.78 is 0. The van der Waals surface area contributed by atoms with Gasteiger partial charge in [0.1, 0.15) is 0 Å². The highest BCUT2D eigenvalue weighted by Crippen LogP contribution is 2.20. The Morgan fingerprint density at radius 2 is 0.500 bits per heavy atom. The lowest BCUT2D eigenvalue weighted by Gasteiger charge is -2.19. The van der Waals surface area contributed by atoms with Crippen LogP contribution < -0.4 is 5.32 Å². The molecule has 0 rings (SSSR count). The first-order valence-electron chi connectivity index (χ1n) is 36.6. The van der Waals surface area contributed by atoms with E-state index in [2.05, 4.69) is 31.3 Å². The summed E-state index contributed by atoms with van der Waals surface area (Å²) in [5.41, 5.74) is 0. The molecule has 0 aliphatic carbocycles. The zero-order valence-electron chi connectivity index (χ0n) is 53.7. The summed E-state index contributed by atoms with van der Waals surface area (Å²) in [5, 5.41) is 23.3. The molecule has 0 aliphatic rings. The highest BCUT2D eigenvalue weighted by Gasteiger charge is 2.18. The number of aliphatic hydroxyl groups excluding tert-OH is 2. The van der Waals surface area contributed by atoms with Crippen molar-refractivity contribution in [2.45, 2.75) is 437 Å². The van der Waals surface area contributed by atoms with Crippen LogP contribution >= 0.6 is 0 Å². The lowest BCUT2D eigenvalue weighted by Crippen LogP contribution is -2.45. The van der Waals surface area contributed by atoms with E-state index >= 15 is 0 Å². The molecule has 1 amide bonds. The maximum absolute atomic E-state index is 12.5. The maximum atomic E-state index is 12.5. The largest absolute Gasteiger partial charge is 0.394 e. The van der Waals surface area contributed by atoms with Crippen LogP contribution in [0.25, 0.3) is 0 Å². The van der Waals surface area contributed by atoms with Crippen molar-refractivity contribution in [2.75, 3.05) is 6.61 Å². The lowest BCUT2D eigenvalue weighted by atomic mass is 10.0. The normalized spacial score (nSPS) is 12.7. The van der Waals surface area contributed by atoms with Gasteiger partial charge in [-0.2, -0.15) is 0 Å². The molecule has 0 radical (unpaired) electrons. The second-order valence-electron chi connectivity index (χ2n) is 25.4. The van der Waals surface area contributed by atoms with Crippen LogP contribution in [-0.2, 0) is 4.79 Å². The number of hydrogen-bond donors (Lipinski definition) is 3. The van der Waals surface area contributed by atoms with E-state index in [0.29, 0.717) is 6.42 Å². The Hall–Kier alpha value is -1.13. The predicted molar refractivity (Wildman–Crippen MR) is 350 cm³/mol. The average Bonchev–Trinajstić information content (AvgIpc) is 3.44. The topological polar surface area (TPSA) is 69.6 Å². The molecule has 0 saturated carbocycles. The number of carbonyl (C=O) groups excluding carboxylic acids is 1. The molecule has 0 fully saturated rings. The summed E-state index contributed by atoms with van der Waals surface area (Å²) in [6, 6.07) is -0.638. The molecule has 3 N–H and O–H groups in total. The maximum Gasteiger partial charge on any atom is 0.220 e. The minimum atomic E-state index is -0.862. The van der Waals surface area contributed by atoms with Gasteiger partial charge in [-0.15, -0.1) is 0 Å². The van der Waals surface area contributed by atoms with Crippen LogP contribution in [0.2, 0.25) is 0 Å². The molecule has 0 aromatic rings. The molecular formula is C74H145NO3. The van der Waals surface area contributed by atoms with Crippen molar-refractivity contribution in [1.82, 2.24) is 5.32 Å². The molecule has 0 saturated heterocycles. The monoisotopic (exact) mass is 1100 g/mol. The van der Waals surface area contributed by atoms with Gasteiger partial charge < -0.3 is 15.5 Å². The fourth-order valence-electron chi connectivity index (χ4n) is 11.9. The van der Waals surface area contributed by atoms with Crippen LogP contribution in [0, 0.1) is 0 Å². The molecule has 78 heavy (non-hydrogen) atoms. The molecule has 0 aromatic heterocycles. The third-order valence-corrected chi connectivity index (χ3v) is 17.4. The Balaban J connectivity index is 3.41. The summed E-state index contributed by atoms with van der Waals surface area (Å²) in [4.78, 5) is 12.5. The fraction of sp³-hybridized carbons (Fsp3) is 0.932. The number of aliphatic hydroxyl groups is 2. The molecule has 4 nitrogen and oxygen atoms in total. The highest BCUT2D eigenvalue weighted by molar-refractivity contribution is 5.76. The fourth-order valence-corrected chi connectivity index (χ4v) is 11.9. The van der Waals surface area contributed by atoms with Crippen molar-refractivity contribution < 1.29 is 15.0 Å². The van der Waals surface area contributed by atoms with Crippen molar-refractivity contribution in [3.05, 3.63) is 24.3 Å². The average molecular weight is 1100 g/mol. The third-order valence-electron chi connectivity index (χ3n) is 17.4. The van der Waals surface area contributed by atoms with Gasteiger partial charge in [0.05, 0.1) is 18.8 Å². The molecular weight excluding hydrogens is 951 g/mol. The first kappa shape index (κ1) is 76.9. The zero-order chi connectivity index (χ0) is 56.2. The smallest absolute Gasteiger partial charge is 0.220 e. The van der Waals surface area contributed by atoms with E-state index < -0.39 is 12.1 Å². The number of allylic oxidation sites excluding steroid dienone is 3. The Bertz CT molecular complexity index is 1150. The molecule has 2 unspecified atom stereocenters. The van der Waals surface area contributed by atoms with E-state index in [1.54, 1.807) is 6.08 Å². The van der Waals surface area contributed by atoms with E-state index in [1.165, 1.54) is 372 Å². The zero-order valence-corrected chi connectivity index (χ0v) is 53.7. The van der Waals surface area contributed by atoms with E-state index in [-0.39, 0.29) is 12.5 Å². The molecule has 0 spiro atoms. The first-order chi connectivity index (χ1) is 38.7. The van der Waals surface area contributed by atoms with Crippen LogP contribution in [0.3, 0.4) is 0 Å². The standard InChI is InChI=1S/C74H145NO3/c1-3-5-7-9-11-13-15-17-19-21-23-25-27-29-31-33-35-36-37-38-39-40-42-44-46-48-50-52-54-56-58-60-62-64-66-68-70-74(78)75-72(71-76)73(77)69-67-65-63-61-59-57-55-53-51-49-47-45-43-41-34-32-30-28-26-24-22-20-18-16-14-12-10-8-6-4-2/h59,61,67,69,72-73,76-77H,3-58,60,62-66,68,70-71H2,1-2H3,(H,75,78)/b61-59+,69-67+. The molecule has 0 aromatic carbocycles. The SMILES string of the molecule is CCCCCCCCCCCCCCCCCCCCCCCCCC/C=C/CC/C=C/C(O)C(CO)NC(=O)CCCCCCCCCCCCCCCCCCCCCCCCCCCCCCCCCCCCCC. The van der Waals surface area contributed by atoms with Crippen molar-refractivity contribution in [3.63, 3.8) is 0 Å². The molecule has 0 bridgehead atoms. The molecule has 2 atom stereocenters. The number of hydrogen-bond acceptors (Lipinski definition) is 3. The van der Waals surface area contributed by atoms with Crippen LogP contribution in [0.5, 0.6) is 0 Å². The van der Waals surface area contributed by atoms with Crippen molar-refractivity contribution in [1.29, 1.82) is 0 Å². The van der Waals surface area contributed by atoms with Gasteiger partial charge in [-0.1, -0.05) is 411 Å². The lowest BCUT2D eigenvalue weighted by molar-refractivity contribution is -0.123. The summed E-state index contributed by atoms with van der Waals surface area (Å²) in [7, 11) is 0. The van der Waals surface area contributed by atoms with Crippen LogP contribution in [0.4, 0.5) is 0 Å². The van der Waals surface area contributed by atoms with Crippen LogP contribution in [-0.4, -0.2) is 34.9 Å². The highest BCUT2D eigenvalue weighted by atomic mass is 16.3. The first-order valence-corrected chi connectivity index (χ1v) is 36.6. The van der Waals surface area contributed by atoms with E-state index in [4.69, 9.17) is 0 Å². The minimum absolute atomic E-state index is 0.0636. The number of rotatable bonds is 69. The van der Waals surface area contributed by atoms with Gasteiger partial charge in [0.2, 0.25) is 5.91 Å². The van der Waals surface area contributed by atoms with Gasteiger partial charge in [-0.3, -0.25) is 4.79 Å². The van der Waals surface area contributed by atoms with Gasteiger partial charge in [0.25, 0.3) is 0 Å². The Kier molecular flexibility index (Phi) is 69.1. The van der Waals surface area contributed by atoms with E-state index in [0.717, 1.165) is 32.1 Å². The molecule has 0 heterocycles. The molecule has 0 aliphatic heterocycles. The van der Waals surface area contributed by atoms with Crippen LogP contribution in [0.1, 0.15) is 425 Å². The van der Waals surface area contributed by atoms with Crippen molar-refractivity contribution in [3.8, 4) is 0 Å². The van der Waals surface area contributed by atoms with Crippen molar-refractivity contribution >= 4 is 5.91 Å². The van der Waals surface area contributed by atoms with E-state index in [9.17, 15) is 15.0 Å². The summed E-state index contributed by atoms with van der Waals surface area (Å²) in [6.45, 7) is 4.36. The third kappa shape index (κ3) is 65.7. The summed E-state index contributed by atoms with van der Waals surface area (Å²) in [6.07, 6.45) is 95.8. The van der Waals surface area contributed by atoms with Crippen LogP contribution in [0.15, 0.2) is 24.3 Å². The molecule has 464 valence electrons. The number of amides is 1. The van der Waals surface area contributed by atoms with Crippen molar-refractivity contribution in [2.24, 2.45) is 0 Å². The molecule has 4 heteroatoms. The minimum Gasteiger partial charge on any atom is -0.394 e. The predicted octanol–water partition coefficient (Wildman–Crippen LogP) is 24.9. The summed E-state index contributed by atoms with van der Waals surface area (Å²) in [5.74, 6) is -0.0636. The van der Waals surface area contributed by atoms with Gasteiger partial charge in [0.15, 0.2) is 0 Å². The second kappa shape index (κ2) is 70.1. The number of nitrogens with one attached hydrogen (secondary N) is 1. The van der Waals surface area contributed by atoms with Gasteiger partial charge in [-0.25, -0.2) is 0 Å².